The van der Waals surface area contributed by atoms with Crippen molar-refractivity contribution in [3.05, 3.63) is 69.9 Å². The van der Waals surface area contributed by atoms with E-state index in [1.807, 2.05) is 0 Å². The lowest BCUT2D eigenvalue weighted by molar-refractivity contribution is -0.127. The minimum absolute atomic E-state index is 0.0291. The highest BCUT2D eigenvalue weighted by Crippen LogP contribution is 2.57. The number of fused-ring (bicyclic) bond motifs is 4. The Balaban J connectivity index is 1.83. The van der Waals surface area contributed by atoms with Gasteiger partial charge in [0.1, 0.15) is 16.8 Å². The molecule has 1 spiro atoms. The lowest BCUT2D eigenvalue weighted by Crippen LogP contribution is -2.47. The summed E-state index contributed by atoms with van der Waals surface area (Å²) in [5.41, 5.74) is 6.31. The van der Waals surface area contributed by atoms with Gasteiger partial charge in [-0.1, -0.05) is 48.5 Å². The fourth-order valence-electron chi connectivity index (χ4n) is 4.61. The number of para-hydroxylation sites is 1. The highest BCUT2D eigenvalue weighted by molar-refractivity contribution is 7.15. The molecule has 1 atom stereocenters. The molecule has 0 saturated carbocycles. The summed E-state index contributed by atoms with van der Waals surface area (Å²) in [5.74, 6) is -2.71. The normalized spacial score (nSPS) is 18.9. The topological polar surface area (TPSA) is 130 Å². The number of carbonyl (C=O) groups is 4. The number of thiophene rings is 1. The van der Waals surface area contributed by atoms with Crippen molar-refractivity contribution >= 4 is 46.4 Å². The Kier molecular flexibility index (Phi) is 4.38. The quantitative estimate of drug-likeness (QED) is 0.566. The molecule has 0 aliphatic carbocycles. The zero-order valence-electron chi connectivity index (χ0n) is 16.6. The van der Waals surface area contributed by atoms with E-state index in [1.54, 1.807) is 54.6 Å². The molecular formula is C23H17N3O5S. The van der Waals surface area contributed by atoms with Crippen LogP contribution in [-0.4, -0.2) is 35.3 Å². The number of carbonyl (C=O) groups excluding carboxylic acids is 3. The standard InChI is InChI=1S/C23H17N3O5S/c24-15(27)11-26-14-9-5-4-8-13(14)23(22(26)31)10-16(28)25-18-17(12-6-2-1-3-7-12)19(21(29)30)32-20(18)23/h1-9H,10-11H2,(H2,24,27)(H,25,28)(H,29,30). The van der Waals surface area contributed by atoms with Gasteiger partial charge >= 0.3 is 5.97 Å². The summed E-state index contributed by atoms with van der Waals surface area (Å²) in [6, 6.07) is 15.8. The summed E-state index contributed by atoms with van der Waals surface area (Å²) in [5, 5.41) is 12.8. The zero-order valence-corrected chi connectivity index (χ0v) is 17.4. The third kappa shape index (κ3) is 2.68. The number of hydrogen-bond acceptors (Lipinski definition) is 5. The summed E-state index contributed by atoms with van der Waals surface area (Å²) in [7, 11) is 0. The molecular weight excluding hydrogens is 430 g/mol. The summed E-state index contributed by atoms with van der Waals surface area (Å²) in [6.07, 6.45) is -0.196. The maximum Gasteiger partial charge on any atom is 0.346 e. The molecule has 0 bridgehead atoms. The molecule has 5 rings (SSSR count). The molecule has 4 N–H and O–H groups in total. The number of carboxylic acids is 1. The van der Waals surface area contributed by atoms with Crippen LogP contribution in [0.5, 0.6) is 0 Å². The first-order chi connectivity index (χ1) is 15.3. The third-order valence-corrected chi connectivity index (χ3v) is 7.16. The van der Waals surface area contributed by atoms with Crippen molar-refractivity contribution in [1.82, 2.24) is 0 Å². The van der Waals surface area contributed by atoms with E-state index >= 15 is 0 Å². The van der Waals surface area contributed by atoms with Gasteiger partial charge in [0.15, 0.2) is 0 Å². The lowest BCUT2D eigenvalue weighted by atomic mass is 9.74. The van der Waals surface area contributed by atoms with Crippen LogP contribution in [-0.2, 0) is 19.8 Å². The van der Waals surface area contributed by atoms with E-state index in [9.17, 15) is 24.3 Å². The molecule has 0 fully saturated rings. The first kappa shape index (κ1) is 20.0. The van der Waals surface area contributed by atoms with Gasteiger partial charge in [-0.05, 0) is 17.2 Å². The van der Waals surface area contributed by atoms with Crippen LogP contribution in [0.2, 0.25) is 0 Å². The highest BCUT2D eigenvalue weighted by Gasteiger charge is 2.58. The molecule has 3 amide bonds. The molecule has 1 aromatic heterocycles. The number of rotatable bonds is 4. The molecule has 2 aliphatic heterocycles. The number of anilines is 2. The molecule has 32 heavy (non-hydrogen) atoms. The smallest absolute Gasteiger partial charge is 0.346 e. The minimum atomic E-state index is -1.42. The van der Waals surface area contributed by atoms with Crippen LogP contribution in [0.25, 0.3) is 11.1 Å². The van der Waals surface area contributed by atoms with Crippen LogP contribution >= 0.6 is 11.3 Å². The summed E-state index contributed by atoms with van der Waals surface area (Å²) in [6.45, 7) is -0.336. The Morgan fingerprint density at radius 2 is 1.78 bits per heavy atom. The van der Waals surface area contributed by atoms with E-state index in [-0.39, 0.29) is 17.8 Å². The first-order valence-electron chi connectivity index (χ1n) is 9.80. The summed E-state index contributed by atoms with van der Waals surface area (Å²) in [4.78, 5) is 52.4. The van der Waals surface area contributed by atoms with Crippen LogP contribution < -0.4 is 16.0 Å². The molecule has 3 aromatic rings. The second-order valence-corrected chi connectivity index (χ2v) is 8.71. The van der Waals surface area contributed by atoms with E-state index in [0.29, 0.717) is 32.9 Å². The predicted molar refractivity (Wildman–Crippen MR) is 119 cm³/mol. The lowest BCUT2D eigenvalue weighted by Gasteiger charge is -2.32. The number of nitrogens with two attached hydrogens (primary N) is 1. The predicted octanol–water partition coefficient (Wildman–Crippen LogP) is 2.57. The van der Waals surface area contributed by atoms with E-state index in [0.717, 1.165) is 11.3 Å². The van der Waals surface area contributed by atoms with Crippen LogP contribution in [0.15, 0.2) is 54.6 Å². The SMILES string of the molecule is NC(=O)CN1C(=O)C2(CC(=O)Nc3c2sc(C(=O)O)c3-c2ccccc2)c2ccccc21. The maximum atomic E-state index is 13.8. The van der Waals surface area contributed by atoms with Crippen molar-refractivity contribution in [2.45, 2.75) is 11.8 Å². The Labute approximate surface area is 186 Å². The number of amides is 3. The largest absolute Gasteiger partial charge is 0.477 e. The minimum Gasteiger partial charge on any atom is -0.477 e. The fraction of sp³-hybridized carbons (Fsp3) is 0.130. The Bertz CT molecular complexity index is 1320. The van der Waals surface area contributed by atoms with Crippen molar-refractivity contribution in [2.75, 3.05) is 16.8 Å². The zero-order chi connectivity index (χ0) is 22.6. The second-order valence-electron chi connectivity index (χ2n) is 7.69. The van der Waals surface area contributed by atoms with Gasteiger partial charge in [0, 0.05) is 11.3 Å². The van der Waals surface area contributed by atoms with Gasteiger partial charge in [0.2, 0.25) is 17.7 Å². The van der Waals surface area contributed by atoms with Crippen molar-refractivity contribution < 1.29 is 24.3 Å². The van der Waals surface area contributed by atoms with E-state index in [1.165, 1.54) is 4.90 Å². The van der Waals surface area contributed by atoms with Gasteiger partial charge < -0.3 is 21.1 Å². The average molecular weight is 447 g/mol. The van der Waals surface area contributed by atoms with Gasteiger partial charge in [-0.3, -0.25) is 14.4 Å². The van der Waals surface area contributed by atoms with Gasteiger partial charge in [0.25, 0.3) is 0 Å². The monoisotopic (exact) mass is 447 g/mol. The number of primary amides is 1. The van der Waals surface area contributed by atoms with Gasteiger partial charge in [-0.2, -0.15) is 0 Å². The van der Waals surface area contributed by atoms with Crippen molar-refractivity contribution in [3.8, 4) is 11.1 Å². The molecule has 2 aromatic carbocycles. The van der Waals surface area contributed by atoms with Crippen LogP contribution in [0.3, 0.4) is 0 Å². The molecule has 9 heteroatoms. The van der Waals surface area contributed by atoms with Crippen molar-refractivity contribution in [3.63, 3.8) is 0 Å². The van der Waals surface area contributed by atoms with Gasteiger partial charge in [0.05, 0.1) is 17.0 Å². The van der Waals surface area contributed by atoms with E-state index < -0.39 is 29.1 Å². The number of nitrogens with one attached hydrogen (secondary N) is 1. The van der Waals surface area contributed by atoms with E-state index in [4.69, 9.17) is 5.73 Å². The van der Waals surface area contributed by atoms with Gasteiger partial charge in [-0.15, -0.1) is 11.3 Å². The number of nitrogens with zero attached hydrogens (tertiary/aromatic N) is 1. The fourth-order valence-corrected chi connectivity index (χ4v) is 5.93. The summed E-state index contributed by atoms with van der Waals surface area (Å²) < 4.78 is 0. The number of carboxylic acid groups (broad SMARTS) is 1. The van der Waals surface area contributed by atoms with Crippen LogP contribution in [0.1, 0.15) is 26.5 Å². The summed E-state index contributed by atoms with van der Waals surface area (Å²) >= 11 is 0.973. The van der Waals surface area contributed by atoms with Crippen LogP contribution in [0.4, 0.5) is 11.4 Å². The Hall–Kier alpha value is -3.98. The van der Waals surface area contributed by atoms with Crippen molar-refractivity contribution in [2.24, 2.45) is 5.73 Å². The average Bonchev–Trinajstić information content (AvgIpc) is 3.25. The first-order valence-corrected chi connectivity index (χ1v) is 10.6. The Morgan fingerprint density at radius 3 is 2.47 bits per heavy atom. The highest BCUT2D eigenvalue weighted by atomic mass is 32.1. The molecule has 160 valence electrons. The molecule has 1 unspecified atom stereocenters. The number of benzene rings is 2. The molecule has 0 saturated heterocycles. The number of aromatic carboxylic acids is 1. The second kappa shape index (κ2) is 7.03. The third-order valence-electron chi connectivity index (χ3n) is 5.82. The van der Waals surface area contributed by atoms with Crippen molar-refractivity contribution in [1.29, 1.82) is 0 Å². The maximum absolute atomic E-state index is 13.8. The van der Waals surface area contributed by atoms with E-state index in [2.05, 4.69) is 5.32 Å². The molecule has 3 heterocycles. The van der Waals surface area contributed by atoms with Gasteiger partial charge in [-0.25, -0.2) is 4.79 Å². The Morgan fingerprint density at radius 1 is 1.09 bits per heavy atom. The number of hydrogen-bond donors (Lipinski definition) is 3. The molecule has 8 nitrogen and oxygen atoms in total. The molecule has 0 radical (unpaired) electrons. The molecule has 2 aliphatic rings. The van der Waals surface area contributed by atoms with Crippen LogP contribution in [0, 0.1) is 0 Å².